The van der Waals surface area contributed by atoms with E-state index in [0.29, 0.717) is 25.4 Å². The molecular formula is C19H24N2O4. The second-order valence-corrected chi connectivity index (χ2v) is 6.30. The smallest absolute Gasteiger partial charge is 0.289 e. The van der Waals surface area contributed by atoms with Crippen molar-refractivity contribution in [3.05, 3.63) is 54.0 Å². The molecule has 134 valence electrons. The number of benzene rings is 1. The van der Waals surface area contributed by atoms with E-state index in [-0.39, 0.29) is 12.5 Å². The van der Waals surface area contributed by atoms with Crippen molar-refractivity contribution in [2.75, 3.05) is 39.3 Å². The number of amides is 1. The largest absolute Gasteiger partial charge is 0.491 e. The topological polar surface area (TPSA) is 66.2 Å². The molecule has 1 atom stereocenters. The Morgan fingerprint density at radius 3 is 2.64 bits per heavy atom. The molecule has 0 spiro atoms. The second kappa shape index (κ2) is 8.18. The van der Waals surface area contributed by atoms with E-state index in [9.17, 15) is 9.90 Å². The van der Waals surface area contributed by atoms with Crippen LogP contribution in [0, 0.1) is 6.92 Å². The summed E-state index contributed by atoms with van der Waals surface area (Å²) in [5.74, 6) is 1.10. The van der Waals surface area contributed by atoms with Gasteiger partial charge in [-0.15, -0.1) is 0 Å². The molecule has 1 aromatic heterocycles. The highest BCUT2D eigenvalue weighted by Gasteiger charge is 2.24. The number of nitrogens with zero attached hydrogens (tertiary/aromatic N) is 2. The van der Waals surface area contributed by atoms with E-state index in [1.807, 2.05) is 31.2 Å². The van der Waals surface area contributed by atoms with Crippen molar-refractivity contribution >= 4 is 5.91 Å². The van der Waals surface area contributed by atoms with Crippen molar-refractivity contribution in [2.24, 2.45) is 0 Å². The van der Waals surface area contributed by atoms with Gasteiger partial charge in [0.15, 0.2) is 5.76 Å². The number of carbonyl (C=O) groups excluding carboxylic acids is 1. The first-order valence-electron chi connectivity index (χ1n) is 8.55. The molecule has 1 aromatic carbocycles. The van der Waals surface area contributed by atoms with Crippen molar-refractivity contribution < 1.29 is 19.1 Å². The molecule has 0 saturated carbocycles. The summed E-state index contributed by atoms with van der Waals surface area (Å²) in [4.78, 5) is 16.2. The molecule has 1 fully saturated rings. The summed E-state index contributed by atoms with van der Waals surface area (Å²) < 4.78 is 10.9. The van der Waals surface area contributed by atoms with E-state index >= 15 is 0 Å². The molecule has 25 heavy (non-hydrogen) atoms. The molecule has 6 heteroatoms. The van der Waals surface area contributed by atoms with Gasteiger partial charge in [-0.05, 0) is 30.7 Å². The normalized spacial score (nSPS) is 16.6. The monoisotopic (exact) mass is 344 g/mol. The Labute approximate surface area is 147 Å². The summed E-state index contributed by atoms with van der Waals surface area (Å²) in [5.41, 5.74) is 1.06. The third-order valence-electron chi connectivity index (χ3n) is 4.39. The van der Waals surface area contributed by atoms with Gasteiger partial charge in [0.25, 0.3) is 5.91 Å². The van der Waals surface area contributed by atoms with E-state index < -0.39 is 6.10 Å². The molecule has 1 amide bonds. The maximum absolute atomic E-state index is 12.2. The SMILES string of the molecule is Cc1ccccc1OCC(O)CN1CCN(C(=O)c2ccco2)CC1. The molecular weight excluding hydrogens is 320 g/mol. The van der Waals surface area contributed by atoms with Crippen LogP contribution in [-0.2, 0) is 0 Å². The molecule has 6 nitrogen and oxygen atoms in total. The van der Waals surface area contributed by atoms with Gasteiger partial charge in [-0.2, -0.15) is 0 Å². The molecule has 1 unspecified atom stereocenters. The van der Waals surface area contributed by atoms with Gasteiger partial charge in [-0.1, -0.05) is 18.2 Å². The molecule has 2 heterocycles. The van der Waals surface area contributed by atoms with Gasteiger partial charge < -0.3 is 19.2 Å². The molecule has 0 aliphatic carbocycles. The minimum Gasteiger partial charge on any atom is -0.491 e. The molecule has 0 radical (unpaired) electrons. The number of ether oxygens (including phenoxy) is 1. The standard InChI is InChI=1S/C19H24N2O4/c1-15-5-2-3-6-17(15)25-14-16(22)13-20-8-10-21(11-9-20)19(23)18-7-4-12-24-18/h2-7,12,16,22H,8-11,13-14H2,1H3. The van der Waals surface area contributed by atoms with Crippen molar-refractivity contribution in [1.82, 2.24) is 9.80 Å². The summed E-state index contributed by atoms with van der Waals surface area (Å²) in [6.45, 7) is 5.50. The molecule has 2 aromatic rings. The number of hydrogen-bond donors (Lipinski definition) is 1. The Morgan fingerprint density at radius 2 is 1.96 bits per heavy atom. The van der Waals surface area contributed by atoms with Crippen LogP contribution in [0.2, 0.25) is 0 Å². The average molecular weight is 344 g/mol. The third kappa shape index (κ3) is 4.61. The van der Waals surface area contributed by atoms with Crippen LogP contribution >= 0.6 is 0 Å². The highest BCUT2D eigenvalue weighted by atomic mass is 16.5. The second-order valence-electron chi connectivity index (χ2n) is 6.30. The van der Waals surface area contributed by atoms with Crippen LogP contribution in [0.3, 0.4) is 0 Å². The first-order valence-corrected chi connectivity index (χ1v) is 8.55. The lowest BCUT2D eigenvalue weighted by Gasteiger charge is -2.35. The molecule has 0 bridgehead atoms. The quantitative estimate of drug-likeness (QED) is 0.865. The Balaban J connectivity index is 1.41. The summed E-state index contributed by atoms with van der Waals surface area (Å²) in [5, 5.41) is 10.2. The first kappa shape index (κ1) is 17.5. The van der Waals surface area contributed by atoms with Gasteiger partial charge in [0.1, 0.15) is 18.5 Å². The number of β-amino-alcohol motifs (C(OH)–C–C–N with tert-alkyl or cyclic N) is 1. The zero-order chi connectivity index (χ0) is 17.6. The number of aryl methyl sites for hydroxylation is 1. The maximum atomic E-state index is 12.2. The molecule has 3 rings (SSSR count). The van der Waals surface area contributed by atoms with Gasteiger partial charge in [-0.3, -0.25) is 9.69 Å². The van der Waals surface area contributed by atoms with Crippen LogP contribution in [0.4, 0.5) is 0 Å². The highest BCUT2D eigenvalue weighted by molar-refractivity contribution is 5.91. The van der Waals surface area contributed by atoms with E-state index in [4.69, 9.17) is 9.15 Å². The first-order chi connectivity index (χ1) is 12.1. The van der Waals surface area contributed by atoms with Crippen molar-refractivity contribution in [1.29, 1.82) is 0 Å². The van der Waals surface area contributed by atoms with E-state index in [0.717, 1.165) is 24.4 Å². The zero-order valence-electron chi connectivity index (χ0n) is 14.4. The number of hydrogen-bond acceptors (Lipinski definition) is 5. The third-order valence-corrected chi connectivity index (χ3v) is 4.39. The minimum absolute atomic E-state index is 0.0758. The zero-order valence-corrected chi connectivity index (χ0v) is 14.4. The number of aliphatic hydroxyl groups excluding tert-OH is 1. The van der Waals surface area contributed by atoms with Crippen molar-refractivity contribution in [3.8, 4) is 5.75 Å². The number of carbonyl (C=O) groups is 1. The Bertz CT molecular complexity index is 678. The maximum Gasteiger partial charge on any atom is 0.289 e. The number of rotatable bonds is 6. The van der Waals surface area contributed by atoms with Crippen molar-refractivity contribution in [2.45, 2.75) is 13.0 Å². The van der Waals surface area contributed by atoms with E-state index in [2.05, 4.69) is 4.90 Å². The molecule has 1 aliphatic rings. The van der Waals surface area contributed by atoms with Gasteiger partial charge in [0.2, 0.25) is 0 Å². The number of furan rings is 1. The summed E-state index contributed by atoms with van der Waals surface area (Å²) in [6.07, 6.45) is 0.945. The summed E-state index contributed by atoms with van der Waals surface area (Å²) in [6, 6.07) is 11.2. The number of para-hydroxylation sites is 1. The lowest BCUT2D eigenvalue weighted by molar-refractivity contribution is 0.0388. The fraction of sp³-hybridized carbons (Fsp3) is 0.421. The Hall–Kier alpha value is -2.31. The van der Waals surface area contributed by atoms with Crippen LogP contribution in [0.25, 0.3) is 0 Å². The number of aliphatic hydroxyl groups is 1. The van der Waals surface area contributed by atoms with E-state index in [1.165, 1.54) is 6.26 Å². The Morgan fingerprint density at radius 1 is 1.20 bits per heavy atom. The van der Waals surface area contributed by atoms with Crippen LogP contribution < -0.4 is 4.74 Å². The predicted octanol–water partition coefficient (Wildman–Crippen LogP) is 1.79. The summed E-state index contributed by atoms with van der Waals surface area (Å²) in [7, 11) is 0. The predicted molar refractivity (Wildman–Crippen MR) is 93.7 cm³/mol. The fourth-order valence-electron chi connectivity index (χ4n) is 2.94. The van der Waals surface area contributed by atoms with Gasteiger partial charge in [0.05, 0.1) is 6.26 Å². The van der Waals surface area contributed by atoms with Crippen LogP contribution in [0.1, 0.15) is 16.1 Å². The number of piperazine rings is 1. The molecule has 1 N–H and O–H groups in total. The van der Waals surface area contributed by atoms with E-state index in [1.54, 1.807) is 17.0 Å². The summed E-state index contributed by atoms with van der Waals surface area (Å²) >= 11 is 0. The van der Waals surface area contributed by atoms with Crippen LogP contribution in [0.15, 0.2) is 47.1 Å². The average Bonchev–Trinajstić information content (AvgIpc) is 3.16. The van der Waals surface area contributed by atoms with Crippen molar-refractivity contribution in [3.63, 3.8) is 0 Å². The minimum atomic E-state index is -0.563. The molecule has 1 saturated heterocycles. The lowest BCUT2D eigenvalue weighted by Crippen LogP contribution is -2.50. The fourth-order valence-corrected chi connectivity index (χ4v) is 2.94. The van der Waals surface area contributed by atoms with Gasteiger partial charge >= 0.3 is 0 Å². The van der Waals surface area contributed by atoms with Gasteiger partial charge in [0, 0.05) is 32.7 Å². The van der Waals surface area contributed by atoms with Crippen LogP contribution in [-0.4, -0.2) is 66.2 Å². The highest BCUT2D eigenvalue weighted by Crippen LogP contribution is 2.16. The lowest BCUT2D eigenvalue weighted by atomic mass is 10.2. The van der Waals surface area contributed by atoms with Crippen LogP contribution in [0.5, 0.6) is 5.75 Å². The van der Waals surface area contributed by atoms with Gasteiger partial charge in [-0.25, -0.2) is 0 Å². The molecule has 1 aliphatic heterocycles. The Kier molecular flexibility index (Phi) is 5.73.